The lowest BCUT2D eigenvalue weighted by Gasteiger charge is -2.23. The van der Waals surface area contributed by atoms with Gasteiger partial charge in [0.2, 0.25) is 16.0 Å². The van der Waals surface area contributed by atoms with Crippen molar-refractivity contribution in [2.45, 2.75) is 39.0 Å². The summed E-state index contributed by atoms with van der Waals surface area (Å²) in [5.74, 6) is 1.37. The van der Waals surface area contributed by atoms with Gasteiger partial charge in [0, 0.05) is 37.0 Å². The molecule has 3 heterocycles. The quantitative estimate of drug-likeness (QED) is 0.292. The summed E-state index contributed by atoms with van der Waals surface area (Å²) in [7, 11) is -1.09. The van der Waals surface area contributed by atoms with Gasteiger partial charge in [-0.25, -0.2) is 18.4 Å². The van der Waals surface area contributed by atoms with Crippen LogP contribution in [0.15, 0.2) is 49.1 Å². The van der Waals surface area contributed by atoms with E-state index < -0.39 is 21.4 Å². The number of hydrogen-bond donors (Lipinski definition) is 1. The van der Waals surface area contributed by atoms with Crippen LogP contribution in [0.2, 0.25) is 0 Å². The van der Waals surface area contributed by atoms with Gasteiger partial charge < -0.3 is 14.2 Å². The normalized spacial score (nSPS) is 13.1. The van der Waals surface area contributed by atoms with Crippen LogP contribution in [0.25, 0.3) is 17.1 Å². The van der Waals surface area contributed by atoms with Gasteiger partial charge in [-0.1, -0.05) is 6.07 Å². The van der Waals surface area contributed by atoms with Gasteiger partial charge in [0.1, 0.15) is 28.5 Å². The Morgan fingerprint density at radius 2 is 1.64 bits per heavy atom. The molecule has 0 fully saturated rings. The average molecular weight is 554 g/mol. The molecule has 0 amide bonds. The lowest BCUT2D eigenvalue weighted by molar-refractivity contribution is 0.0557. The molecule has 1 aromatic carbocycles. The van der Waals surface area contributed by atoms with Crippen molar-refractivity contribution in [1.29, 1.82) is 0 Å². The summed E-state index contributed by atoms with van der Waals surface area (Å²) in [6, 6.07) is 7.10. The first-order valence-electron chi connectivity index (χ1n) is 12.2. The predicted octanol–water partition coefficient (Wildman–Crippen LogP) is 3.66. The maximum absolute atomic E-state index is 13.7. The van der Waals surface area contributed by atoms with Gasteiger partial charge in [0.15, 0.2) is 11.6 Å². The Hall–Kier alpha value is -4.10. The van der Waals surface area contributed by atoms with Crippen molar-refractivity contribution in [2.24, 2.45) is 0 Å². The smallest absolute Gasteiger partial charge is 0.243 e. The number of aryl methyl sites for hydroxylation is 2. The zero-order chi connectivity index (χ0) is 28.2. The van der Waals surface area contributed by atoms with Crippen LogP contribution >= 0.6 is 0 Å². The van der Waals surface area contributed by atoms with Crippen LogP contribution in [-0.2, 0) is 14.8 Å². The molecule has 39 heavy (non-hydrogen) atoms. The molecule has 1 unspecified atom stereocenters. The number of sulfonamides is 1. The molecule has 0 bridgehead atoms. The summed E-state index contributed by atoms with van der Waals surface area (Å²) < 4.78 is 48.7. The monoisotopic (exact) mass is 553 g/mol. The summed E-state index contributed by atoms with van der Waals surface area (Å²) in [6.07, 6.45) is 5.64. The fourth-order valence-electron chi connectivity index (χ4n) is 4.01. The molecule has 0 aliphatic carbocycles. The number of pyridine rings is 1. The van der Waals surface area contributed by atoms with E-state index in [2.05, 4.69) is 29.9 Å². The number of nitrogens with zero attached hydrogens (tertiary/aromatic N) is 6. The third-order valence-electron chi connectivity index (χ3n) is 5.97. The van der Waals surface area contributed by atoms with E-state index >= 15 is 0 Å². The van der Waals surface area contributed by atoms with Crippen molar-refractivity contribution in [3.63, 3.8) is 0 Å². The third kappa shape index (κ3) is 5.83. The molecule has 206 valence electrons. The SMILES string of the molecule is CCO[C@@H](c1ncc(C)cn1)C(C)S(=O)(=O)Nc1nnc(-c2cncc(C)c2)n1-c1c(OC)cccc1OC. The average Bonchev–Trinajstić information content (AvgIpc) is 3.33. The Kier molecular flexibility index (Phi) is 8.41. The largest absolute Gasteiger partial charge is 0.494 e. The Bertz CT molecular complexity index is 1520. The molecular weight excluding hydrogens is 522 g/mol. The summed E-state index contributed by atoms with van der Waals surface area (Å²) in [5, 5.41) is 7.46. The van der Waals surface area contributed by atoms with Crippen molar-refractivity contribution < 1.29 is 22.6 Å². The minimum Gasteiger partial charge on any atom is -0.494 e. The second-order valence-electron chi connectivity index (χ2n) is 8.79. The highest BCUT2D eigenvalue weighted by atomic mass is 32.2. The van der Waals surface area contributed by atoms with E-state index in [0.717, 1.165) is 11.1 Å². The summed E-state index contributed by atoms with van der Waals surface area (Å²) >= 11 is 0. The molecular formula is C26H31N7O5S. The fourth-order valence-corrected chi connectivity index (χ4v) is 5.11. The molecule has 4 aromatic rings. The zero-order valence-electron chi connectivity index (χ0n) is 22.6. The van der Waals surface area contributed by atoms with Gasteiger partial charge in [-0.3, -0.25) is 14.3 Å². The third-order valence-corrected chi connectivity index (χ3v) is 7.67. The lowest BCUT2D eigenvalue weighted by Crippen LogP contribution is -2.34. The van der Waals surface area contributed by atoms with Crippen molar-refractivity contribution in [2.75, 3.05) is 25.5 Å². The van der Waals surface area contributed by atoms with Gasteiger partial charge in [-0.2, -0.15) is 0 Å². The van der Waals surface area contributed by atoms with Crippen molar-refractivity contribution in [1.82, 2.24) is 29.7 Å². The van der Waals surface area contributed by atoms with Gasteiger partial charge in [0.25, 0.3) is 0 Å². The maximum Gasteiger partial charge on any atom is 0.243 e. The molecule has 3 aromatic heterocycles. The first-order valence-corrected chi connectivity index (χ1v) is 13.7. The Balaban J connectivity index is 1.84. The first kappa shape index (κ1) is 27.9. The molecule has 0 aliphatic heterocycles. The van der Waals surface area contributed by atoms with Gasteiger partial charge in [0.05, 0.1) is 14.2 Å². The zero-order valence-corrected chi connectivity index (χ0v) is 23.4. The minimum absolute atomic E-state index is 0.0683. The highest BCUT2D eigenvalue weighted by Gasteiger charge is 2.35. The van der Waals surface area contributed by atoms with Crippen molar-refractivity contribution in [3.05, 3.63) is 66.0 Å². The molecule has 0 radical (unpaired) electrons. The first-order chi connectivity index (χ1) is 18.7. The molecule has 12 nitrogen and oxygen atoms in total. The van der Waals surface area contributed by atoms with Crippen molar-refractivity contribution >= 4 is 16.0 Å². The van der Waals surface area contributed by atoms with Crippen LogP contribution in [-0.4, -0.2) is 64.2 Å². The van der Waals surface area contributed by atoms with E-state index in [1.165, 1.54) is 25.7 Å². The van der Waals surface area contributed by atoms with Crippen LogP contribution in [0.3, 0.4) is 0 Å². The number of para-hydroxylation sites is 1. The fraction of sp³-hybridized carbons (Fsp3) is 0.346. The number of rotatable bonds is 11. The molecule has 1 N–H and O–H groups in total. The van der Waals surface area contributed by atoms with Gasteiger partial charge >= 0.3 is 0 Å². The van der Waals surface area contributed by atoms with E-state index in [1.807, 2.05) is 19.9 Å². The number of hydrogen-bond acceptors (Lipinski definition) is 10. The highest BCUT2D eigenvalue weighted by Crippen LogP contribution is 2.38. The number of ether oxygens (including phenoxy) is 3. The molecule has 4 rings (SSSR count). The van der Waals surface area contributed by atoms with E-state index in [4.69, 9.17) is 14.2 Å². The van der Waals surface area contributed by atoms with E-state index in [0.29, 0.717) is 28.6 Å². The number of anilines is 1. The van der Waals surface area contributed by atoms with E-state index in [9.17, 15) is 8.42 Å². The molecule has 0 spiro atoms. The van der Waals surface area contributed by atoms with Gasteiger partial charge in [-0.05, 0) is 57.0 Å². The minimum atomic E-state index is -4.12. The number of benzene rings is 1. The molecule has 0 saturated carbocycles. The standard InChI is InChI=1S/C26H31N7O5S/c1-7-38-23(24-28-13-17(3)14-29-24)18(4)39(34,35)32-26-31-30-25(19-11-16(2)12-27-15-19)33(26)22-20(36-5)9-8-10-21(22)37-6/h8-15,18,23H,7H2,1-6H3,(H,31,32)/t18?,23-/m1/s1. The summed E-state index contributed by atoms with van der Waals surface area (Å²) in [5.41, 5.74) is 2.77. The predicted molar refractivity (Wildman–Crippen MR) is 146 cm³/mol. The van der Waals surface area contributed by atoms with Crippen LogP contribution < -0.4 is 14.2 Å². The molecule has 2 atom stereocenters. The molecule has 0 saturated heterocycles. The maximum atomic E-state index is 13.7. The summed E-state index contributed by atoms with van der Waals surface area (Å²) in [6.45, 7) is 7.32. The Labute approximate surface area is 227 Å². The number of nitrogens with one attached hydrogen (secondary N) is 1. The topological polar surface area (TPSA) is 143 Å². The van der Waals surface area contributed by atoms with Crippen molar-refractivity contribution in [3.8, 4) is 28.6 Å². The highest BCUT2D eigenvalue weighted by molar-refractivity contribution is 7.93. The Morgan fingerprint density at radius 3 is 2.23 bits per heavy atom. The van der Waals surface area contributed by atoms with E-state index in [1.54, 1.807) is 49.9 Å². The van der Waals surface area contributed by atoms with Crippen LogP contribution in [0.5, 0.6) is 11.5 Å². The summed E-state index contributed by atoms with van der Waals surface area (Å²) in [4.78, 5) is 12.9. The van der Waals surface area contributed by atoms with Gasteiger partial charge in [-0.15, -0.1) is 10.2 Å². The second kappa shape index (κ2) is 11.7. The second-order valence-corrected chi connectivity index (χ2v) is 10.8. The van der Waals surface area contributed by atoms with Crippen LogP contribution in [0.4, 0.5) is 5.95 Å². The lowest BCUT2D eigenvalue weighted by atomic mass is 10.2. The number of methoxy groups -OCH3 is 2. The van der Waals surface area contributed by atoms with Crippen LogP contribution in [0, 0.1) is 13.8 Å². The number of aromatic nitrogens is 6. The molecule has 0 aliphatic rings. The van der Waals surface area contributed by atoms with Crippen LogP contribution in [0.1, 0.15) is 36.9 Å². The Morgan fingerprint density at radius 1 is 0.974 bits per heavy atom. The molecule has 13 heteroatoms. The van der Waals surface area contributed by atoms with E-state index in [-0.39, 0.29) is 18.4 Å².